The lowest BCUT2D eigenvalue weighted by Gasteiger charge is -2.17. The van der Waals surface area contributed by atoms with Crippen LogP contribution in [0.2, 0.25) is 5.02 Å². The summed E-state index contributed by atoms with van der Waals surface area (Å²) in [6.07, 6.45) is 3.08. The van der Waals surface area contributed by atoms with E-state index in [1.165, 1.54) is 4.88 Å². The Labute approximate surface area is 136 Å². The highest BCUT2D eigenvalue weighted by atomic mass is 35.5. The number of benzene rings is 1. The minimum absolute atomic E-state index is 0.299. The lowest BCUT2D eigenvalue weighted by Crippen LogP contribution is -2.11. The second-order valence-corrected chi connectivity index (χ2v) is 7.31. The van der Waals surface area contributed by atoms with Crippen LogP contribution in [0, 0.1) is 5.92 Å². The first-order chi connectivity index (χ1) is 10.6. The minimum Gasteiger partial charge on any atom is -0.403 e. The van der Waals surface area contributed by atoms with Gasteiger partial charge >= 0.3 is 5.63 Å². The zero-order valence-corrected chi connectivity index (χ0v) is 13.6. The molecule has 0 unspecified atom stereocenters. The van der Waals surface area contributed by atoms with Crippen molar-refractivity contribution in [1.29, 1.82) is 0 Å². The van der Waals surface area contributed by atoms with Crippen molar-refractivity contribution in [3.05, 3.63) is 50.1 Å². The first-order valence-corrected chi connectivity index (χ1v) is 8.53. The van der Waals surface area contributed by atoms with E-state index < -0.39 is 0 Å². The molecule has 3 nitrogen and oxygen atoms in total. The summed E-state index contributed by atoms with van der Waals surface area (Å²) in [6, 6.07) is 7.28. The number of fused-ring (bicyclic) bond motifs is 3. The number of hydrogen-bond donors (Lipinski definition) is 0. The zero-order valence-electron chi connectivity index (χ0n) is 12.1. The van der Waals surface area contributed by atoms with E-state index in [0.717, 1.165) is 29.7 Å². The fraction of sp³-hybridized carbons (Fsp3) is 0.294. The molecule has 5 heteroatoms. The van der Waals surface area contributed by atoms with Crippen LogP contribution in [-0.2, 0) is 12.8 Å². The molecule has 0 spiro atoms. The van der Waals surface area contributed by atoms with Crippen molar-refractivity contribution in [2.45, 2.75) is 26.2 Å². The van der Waals surface area contributed by atoms with E-state index in [0.29, 0.717) is 27.8 Å². The van der Waals surface area contributed by atoms with Gasteiger partial charge in [-0.15, -0.1) is 11.3 Å². The van der Waals surface area contributed by atoms with E-state index in [4.69, 9.17) is 16.0 Å². The standard InChI is InChI=1S/C17H14ClNO2S/c1-9-6-7-11-13(8-9)22-16-14(11)17(20)21-15(19-16)10-4-2-3-5-12(10)18/h2-5,9H,6-8H2,1H3/t9-/m0/s1. The van der Waals surface area contributed by atoms with E-state index >= 15 is 0 Å². The van der Waals surface area contributed by atoms with Gasteiger partial charge in [0.1, 0.15) is 10.2 Å². The summed E-state index contributed by atoms with van der Waals surface area (Å²) in [4.78, 5) is 19.1. The van der Waals surface area contributed by atoms with E-state index in [-0.39, 0.29) is 5.63 Å². The highest BCUT2D eigenvalue weighted by molar-refractivity contribution is 7.18. The highest BCUT2D eigenvalue weighted by Gasteiger charge is 2.24. The molecule has 0 saturated carbocycles. The third-order valence-electron chi connectivity index (χ3n) is 4.19. The Hall–Kier alpha value is -1.65. The molecule has 0 aliphatic heterocycles. The topological polar surface area (TPSA) is 43.1 Å². The predicted molar refractivity (Wildman–Crippen MR) is 89.8 cm³/mol. The van der Waals surface area contributed by atoms with Crippen LogP contribution >= 0.6 is 22.9 Å². The molecule has 0 N–H and O–H groups in total. The van der Waals surface area contributed by atoms with Gasteiger partial charge in [-0.2, -0.15) is 0 Å². The summed E-state index contributed by atoms with van der Waals surface area (Å²) in [5.74, 6) is 0.963. The molecule has 22 heavy (non-hydrogen) atoms. The van der Waals surface area contributed by atoms with Crippen molar-refractivity contribution in [3.8, 4) is 11.5 Å². The fourth-order valence-corrected chi connectivity index (χ4v) is 4.61. The maximum atomic E-state index is 12.5. The van der Waals surface area contributed by atoms with E-state index in [2.05, 4.69) is 11.9 Å². The van der Waals surface area contributed by atoms with Crippen molar-refractivity contribution in [2.75, 3.05) is 0 Å². The Bertz CT molecular complexity index is 928. The average molecular weight is 332 g/mol. The summed E-state index contributed by atoms with van der Waals surface area (Å²) in [5.41, 5.74) is 1.50. The first kappa shape index (κ1) is 14.0. The van der Waals surface area contributed by atoms with Gasteiger partial charge in [-0.25, -0.2) is 9.78 Å². The maximum Gasteiger partial charge on any atom is 0.348 e. The van der Waals surface area contributed by atoms with E-state index in [1.54, 1.807) is 17.4 Å². The SMILES string of the molecule is C[C@H]1CCc2c(sc3nc(-c4ccccc4Cl)oc(=O)c23)C1. The van der Waals surface area contributed by atoms with Gasteiger partial charge in [0.15, 0.2) is 0 Å². The Morgan fingerprint density at radius 2 is 2.18 bits per heavy atom. The van der Waals surface area contributed by atoms with Gasteiger partial charge in [-0.3, -0.25) is 0 Å². The molecule has 2 heterocycles. The number of hydrogen-bond acceptors (Lipinski definition) is 4. The van der Waals surface area contributed by atoms with Crippen LogP contribution in [0.3, 0.4) is 0 Å². The van der Waals surface area contributed by atoms with Gasteiger partial charge < -0.3 is 4.42 Å². The fourth-order valence-electron chi connectivity index (χ4n) is 3.03. The van der Waals surface area contributed by atoms with Crippen LogP contribution in [0.25, 0.3) is 21.7 Å². The molecule has 1 aliphatic carbocycles. The monoisotopic (exact) mass is 331 g/mol. The van der Waals surface area contributed by atoms with Gasteiger partial charge in [-0.1, -0.05) is 30.7 Å². The van der Waals surface area contributed by atoms with Crippen LogP contribution in [0.1, 0.15) is 23.8 Å². The van der Waals surface area contributed by atoms with Crippen molar-refractivity contribution < 1.29 is 4.42 Å². The Morgan fingerprint density at radius 1 is 1.36 bits per heavy atom. The molecule has 0 radical (unpaired) electrons. The molecule has 0 saturated heterocycles. The molecule has 0 bridgehead atoms. The number of aryl methyl sites for hydroxylation is 1. The highest BCUT2D eigenvalue weighted by Crippen LogP contribution is 2.37. The Kier molecular flexibility index (Phi) is 3.31. The summed E-state index contributed by atoms with van der Waals surface area (Å²) in [5, 5.41) is 1.20. The lowest BCUT2D eigenvalue weighted by atomic mass is 9.89. The summed E-state index contributed by atoms with van der Waals surface area (Å²) in [7, 11) is 0. The third-order valence-corrected chi connectivity index (χ3v) is 5.67. The average Bonchev–Trinajstić information content (AvgIpc) is 2.85. The van der Waals surface area contributed by atoms with Crippen LogP contribution in [-0.4, -0.2) is 4.98 Å². The van der Waals surface area contributed by atoms with Gasteiger partial charge in [-0.05, 0) is 42.9 Å². The van der Waals surface area contributed by atoms with Crippen molar-refractivity contribution >= 4 is 33.2 Å². The summed E-state index contributed by atoms with van der Waals surface area (Å²) < 4.78 is 5.46. The van der Waals surface area contributed by atoms with Crippen molar-refractivity contribution in [2.24, 2.45) is 5.92 Å². The van der Waals surface area contributed by atoms with E-state index in [9.17, 15) is 4.79 Å². The lowest BCUT2D eigenvalue weighted by molar-refractivity contribution is 0.503. The second-order valence-electron chi connectivity index (χ2n) is 5.82. The molecule has 0 fully saturated rings. The Morgan fingerprint density at radius 3 is 3.00 bits per heavy atom. The molecule has 0 amide bonds. The molecule has 4 rings (SSSR count). The van der Waals surface area contributed by atoms with Gasteiger partial charge in [0.05, 0.1) is 10.6 Å². The van der Waals surface area contributed by atoms with Crippen molar-refractivity contribution in [3.63, 3.8) is 0 Å². The molecular formula is C17H14ClNO2S. The summed E-state index contributed by atoms with van der Waals surface area (Å²) in [6.45, 7) is 2.25. The molecule has 3 aromatic rings. The smallest absolute Gasteiger partial charge is 0.348 e. The Balaban J connectivity index is 1.95. The number of rotatable bonds is 1. The molecule has 112 valence electrons. The van der Waals surface area contributed by atoms with Crippen LogP contribution in [0.15, 0.2) is 33.5 Å². The third kappa shape index (κ3) is 2.18. The second kappa shape index (κ2) is 5.21. The number of aromatic nitrogens is 1. The molecule has 1 atom stereocenters. The van der Waals surface area contributed by atoms with E-state index in [1.807, 2.05) is 18.2 Å². The van der Waals surface area contributed by atoms with Crippen LogP contribution in [0.4, 0.5) is 0 Å². The van der Waals surface area contributed by atoms with Gasteiger partial charge in [0.25, 0.3) is 0 Å². The molecule has 1 aromatic carbocycles. The first-order valence-electron chi connectivity index (χ1n) is 7.34. The molecule has 2 aromatic heterocycles. The van der Waals surface area contributed by atoms with Gasteiger partial charge in [0, 0.05) is 4.88 Å². The quantitative estimate of drug-likeness (QED) is 0.649. The molecule has 1 aliphatic rings. The van der Waals surface area contributed by atoms with Gasteiger partial charge in [0.2, 0.25) is 5.89 Å². The maximum absolute atomic E-state index is 12.5. The largest absolute Gasteiger partial charge is 0.403 e. The van der Waals surface area contributed by atoms with Crippen LogP contribution in [0.5, 0.6) is 0 Å². The molecular weight excluding hydrogens is 318 g/mol. The zero-order chi connectivity index (χ0) is 15.3. The van der Waals surface area contributed by atoms with Crippen LogP contribution < -0.4 is 5.63 Å². The number of nitrogens with zero attached hydrogens (tertiary/aromatic N) is 1. The minimum atomic E-state index is -0.299. The summed E-state index contributed by atoms with van der Waals surface area (Å²) >= 11 is 7.80. The van der Waals surface area contributed by atoms with Crippen molar-refractivity contribution in [1.82, 2.24) is 4.98 Å². The number of thiophene rings is 1. The normalized spacial score (nSPS) is 17.6. The predicted octanol–water partition coefficient (Wildman–Crippen LogP) is 4.69. The number of halogens is 1.